The average molecular weight is 216 g/mol. The summed E-state index contributed by atoms with van der Waals surface area (Å²) in [6.07, 6.45) is 3.54. The lowest BCUT2D eigenvalue weighted by atomic mass is 10.0. The monoisotopic (exact) mass is 216 g/mol. The third-order valence-electron chi connectivity index (χ3n) is 2.85. The second kappa shape index (κ2) is 2.99. The van der Waals surface area contributed by atoms with Crippen LogP contribution in [0.2, 0.25) is 0 Å². The summed E-state index contributed by atoms with van der Waals surface area (Å²) < 4.78 is 1.15. The second-order valence-corrected chi connectivity index (χ2v) is 4.63. The van der Waals surface area contributed by atoms with E-state index >= 15 is 0 Å². The highest BCUT2D eigenvalue weighted by atomic mass is 32.1. The van der Waals surface area contributed by atoms with E-state index < -0.39 is 0 Å². The molecular formula is C11H8N2OS. The van der Waals surface area contributed by atoms with Gasteiger partial charge in [-0.25, -0.2) is 9.78 Å². The van der Waals surface area contributed by atoms with E-state index in [4.69, 9.17) is 0 Å². The van der Waals surface area contributed by atoms with Gasteiger partial charge < -0.3 is 0 Å². The normalized spacial score (nSPS) is 17.3. The third kappa shape index (κ3) is 1.23. The molecule has 1 aromatic carbocycles. The van der Waals surface area contributed by atoms with Gasteiger partial charge in [0.25, 0.3) is 0 Å². The lowest BCUT2D eigenvalue weighted by Crippen LogP contribution is -2.02. The van der Waals surface area contributed by atoms with Crippen LogP contribution in [-0.4, -0.2) is 11.1 Å². The Morgan fingerprint density at radius 3 is 3.07 bits per heavy atom. The molecule has 1 aliphatic carbocycles. The summed E-state index contributed by atoms with van der Waals surface area (Å²) >= 11 is 1.61. The van der Waals surface area contributed by atoms with Crippen LogP contribution in [0.1, 0.15) is 18.4 Å². The fourth-order valence-electron chi connectivity index (χ4n) is 1.91. The van der Waals surface area contributed by atoms with Crippen LogP contribution in [0.25, 0.3) is 10.2 Å². The molecule has 2 aromatic rings. The van der Waals surface area contributed by atoms with Gasteiger partial charge in [0, 0.05) is 5.56 Å². The van der Waals surface area contributed by atoms with Gasteiger partial charge in [0.1, 0.15) is 5.54 Å². The molecule has 1 saturated carbocycles. The number of isocyanates is 1. The lowest BCUT2D eigenvalue weighted by molar-refractivity contribution is 0.556. The minimum atomic E-state index is -0.310. The molecule has 15 heavy (non-hydrogen) atoms. The van der Waals surface area contributed by atoms with E-state index in [0.29, 0.717) is 0 Å². The van der Waals surface area contributed by atoms with Gasteiger partial charge in [0.15, 0.2) is 0 Å². The van der Waals surface area contributed by atoms with Crippen molar-refractivity contribution in [1.29, 1.82) is 0 Å². The Kier molecular flexibility index (Phi) is 1.75. The van der Waals surface area contributed by atoms with Crippen molar-refractivity contribution >= 4 is 27.6 Å². The van der Waals surface area contributed by atoms with Gasteiger partial charge in [-0.3, -0.25) is 0 Å². The van der Waals surface area contributed by atoms with Crippen molar-refractivity contribution in [3.05, 3.63) is 29.3 Å². The first kappa shape index (κ1) is 8.77. The quantitative estimate of drug-likeness (QED) is 0.572. The minimum absolute atomic E-state index is 0.310. The maximum absolute atomic E-state index is 10.4. The predicted octanol–water partition coefficient (Wildman–Crippen LogP) is 2.62. The van der Waals surface area contributed by atoms with Crippen molar-refractivity contribution in [2.45, 2.75) is 18.4 Å². The maximum atomic E-state index is 10.4. The molecule has 0 bridgehead atoms. The molecule has 1 aromatic heterocycles. The largest absolute Gasteiger partial charge is 0.244 e. The number of para-hydroxylation sites is 1. The highest BCUT2D eigenvalue weighted by Crippen LogP contribution is 2.51. The Hall–Kier alpha value is -1.51. The van der Waals surface area contributed by atoms with Crippen LogP contribution in [0.3, 0.4) is 0 Å². The van der Waals surface area contributed by atoms with Crippen molar-refractivity contribution in [3.8, 4) is 0 Å². The van der Waals surface area contributed by atoms with Crippen molar-refractivity contribution in [2.75, 3.05) is 0 Å². The fraction of sp³-hybridized carbons (Fsp3) is 0.273. The number of nitrogens with zero attached hydrogens (tertiary/aromatic N) is 2. The molecule has 1 fully saturated rings. The summed E-state index contributed by atoms with van der Waals surface area (Å²) in [5.74, 6) is 0. The summed E-state index contributed by atoms with van der Waals surface area (Å²) in [5, 5.41) is 0. The number of aliphatic imine (C=N–C) groups is 1. The molecule has 1 aliphatic rings. The number of aromatic nitrogens is 1. The molecule has 74 valence electrons. The summed E-state index contributed by atoms with van der Waals surface area (Å²) in [4.78, 5) is 18.7. The van der Waals surface area contributed by atoms with E-state index in [0.717, 1.165) is 28.6 Å². The average Bonchev–Trinajstić information content (AvgIpc) is 2.88. The number of thiazole rings is 1. The van der Waals surface area contributed by atoms with Crippen molar-refractivity contribution in [2.24, 2.45) is 4.99 Å². The molecule has 0 N–H and O–H groups in total. The number of rotatable bonds is 2. The Bertz CT molecular complexity index is 565. The summed E-state index contributed by atoms with van der Waals surface area (Å²) in [6, 6.07) is 6.04. The van der Waals surface area contributed by atoms with E-state index in [-0.39, 0.29) is 5.54 Å². The summed E-state index contributed by atoms with van der Waals surface area (Å²) in [7, 11) is 0. The molecule has 3 rings (SSSR count). The fourth-order valence-corrected chi connectivity index (χ4v) is 2.61. The maximum Gasteiger partial charge on any atom is 0.235 e. The molecule has 0 unspecified atom stereocenters. The Morgan fingerprint density at radius 2 is 2.33 bits per heavy atom. The smallest absolute Gasteiger partial charge is 0.235 e. The SMILES string of the molecule is O=C=NC1(c2cccc3scnc23)CC1. The third-order valence-corrected chi connectivity index (χ3v) is 3.64. The second-order valence-electron chi connectivity index (χ2n) is 3.74. The first-order valence-corrected chi connectivity index (χ1v) is 5.65. The number of carbonyl (C=O) groups excluding carboxylic acids is 1. The van der Waals surface area contributed by atoms with Crippen molar-refractivity contribution in [1.82, 2.24) is 4.98 Å². The molecular weight excluding hydrogens is 208 g/mol. The van der Waals surface area contributed by atoms with Crippen LogP contribution < -0.4 is 0 Å². The van der Waals surface area contributed by atoms with Crippen molar-refractivity contribution < 1.29 is 4.79 Å². The molecule has 4 heteroatoms. The molecule has 0 amide bonds. The van der Waals surface area contributed by atoms with Crippen molar-refractivity contribution in [3.63, 3.8) is 0 Å². The molecule has 0 spiro atoms. The molecule has 0 aliphatic heterocycles. The zero-order valence-corrected chi connectivity index (χ0v) is 8.75. The molecule has 0 atom stereocenters. The Balaban J connectivity index is 2.26. The van der Waals surface area contributed by atoms with E-state index in [1.807, 2.05) is 23.7 Å². The molecule has 0 radical (unpaired) electrons. The lowest BCUT2D eigenvalue weighted by Gasteiger charge is -2.07. The van der Waals surface area contributed by atoms with Crippen LogP contribution in [0.5, 0.6) is 0 Å². The van der Waals surface area contributed by atoms with E-state index in [1.54, 1.807) is 17.4 Å². The van der Waals surface area contributed by atoms with Gasteiger partial charge in [-0.1, -0.05) is 12.1 Å². The van der Waals surface area contributed by atoms with Gasteiger partial charge in [0.05, 0.1) is 15.7 Å². The van der Waals surface area contributed by atoms with Gasteiger partial charge in [-0.05, 0) is 18.9 Å². The topological polar surface area (TPSA) is 42.3 Å². The van der Waals surface area contributed by atoms with Gasteiger partial charge in [0.2, 0.25) is 6.08 Å². The Morgan fingerprint density at radius 1 is 1.47 bits per heavy atom. The molecule has 1 heterocycles. The highest BCUT2D eigenvalue weighted by molar-refractivity contribution is 7.16. The van der Waals surface area contributed by atoms with Crippen LogP contribution in [-0.2, 0) is 10.3 Å². The number of hydrogen-bond donors (Lipinski definition) is 0. The van der Waals surface area contributed by atoms with Crippen LogP contribution in [0.4, 0.5) is 0 Å². The van der Waals surface area contributed by atoms with E-state index in [1.165, 1.54) is 0 Å². The minimum Gasteiger partial charge on any atom is -0.244 e. The first-order valence-electron chi connectivity index (χ1n) is 4.77. The number of hydrogen-bond acceptors (Lipinski definition) is 4. The zero-order chi connectivity index (χ0) is 10.3. The van der Waals surface area contributed by atoms with Crippen LogP contribution >= 0.6 is 11.3 Å². The van der Waals surface area contributed by atoms with Crippen LogP contribution in [0.15, 0.2) is 28.7 Å². The summed E-state index contributed by atoms with van der Waals surface area (Å²) in [6.45, 7) is 0. The zero-order valence-electron chi connectivity index (χ0n) is 7.93. The highest BCUT2D eigenvalue weighted by Gasteiger charge is 2.46. The summed E-state index contributed by atoms with van der Waals surface area (Å²) in [5.41, 5.74) is 3.58. The number of fused-ring (bicyclic) bond motifs is 1. The van der Waals surface area contributed by atoms with Crippen LogP contribution in [0, 0.1) is 0 Å². The van der Waals surface area contributed by atoms with Gasteiger partial charge in [-0.15, -0.1) is 11.3 Å². The number of benzene rings is 1. The van der Waals surface area contributed by atoms with Gasteiger partial charge in [-0.2, -0.15) is 4.99 Å². The Labute approximate surface area is 90.5 Å². The molecule has 3 nitrogen and oxygen atoms in total. The predicted molar refractivity (Wildman–Crippen MR) is 58.7 cm³/mol. The van der Waals surface area contributed by atoms with E-state index in [2.05, 4.69) is 9.98 Å². The molecule has 0 saturated heterocycles. The first-order chi connectivity index (χ1) is 7.36. The van der Waals surface area contributed by atoms with E-state index in [9.17, 15) is 4.79 Å². The van der Waals surface area contributed by atoms with Gasteiger partial charge >= 0.3 is 0 Å². The standard InChI is InChI=1S/C11H8N2OS/c14-6-13-11(4-5-11)8-2-1-3-9-10(8)12-7-15-9/h1-3,7H,4-5H2.